The van der Waals surface area contributed by atoms with Crippen molar-refractivity contribution in [2.45, 2.75) is 32.0 Å². The maximum absolute atomic E-state index is 13.5. The van der Waals surface area contributed by atoms with Gasteiger partial charge in [-0.15, -0.1) is 0 Å². The number of piperidine rings is 1. The zero-order valence-electron chi connectivity index (χ0n) is 18.0. The number of anilines is 1. The molecule has 1 aliphatic rings. The zero-order valence-corrected chi connectivity index (χ0v) is 18.0. The van der Waals surface area contributed by atoms with E-state index >= 15 is 0 Å². The molecular weight excluding hydrogens is 423 g/mol. The summed E-state index contributed by atoms with van der Waals surface area (Å²) in [5, 5.41) is 2.76. The Morgan fingerprint density at radius 3 is 2.62 bits per heavy atom. The van der Waals surface area contributed by atoms with Gasteiger partial charge in [-0.3, -0.25) is 4.90 Å². The van der Waals surface area contributed by atoms with Crippen LogP contribution in [0.25, 0.3) is 0 Å². The van der Waals surface area contributed by atoms with Gasteiger partial charge in [-0.05, 0) is 37.1 Å². The monoisotopic (exact) mass is 451 g/mol. The number of hydrogen-bond donors (Lipinski definition) is 1. The molecule has 174 valence electrons. The van der Waals surface area contributed by atoms with Crippen LogP contribution in [0.4, 0.5) is 23.7 Å². The molecule has 0 atom stereocenters. The second kappa shape index (κ2) is 11.7. The molecule has 0 spiro atoms. The molecule has 2 aromatic rings. The number of methoxy groups -OCH3 is 1. The highest BCUT2D eigenvalue weighted by Gasteiger charge is 2.28. The van der Waals surface area contributed by atoms with Crippen molar-refractivity contribution in [1.82, 2.24) is 9.80 Å². The number of likely N-dealkylation sites (tertiary alicyclic amines) is 1. The Morgan fingerprint density at radius 2 is 1.94 bits per heavy atom. The van der Waals surface area contributed by atoms with Crippen molar-refractivity contribution in [2.75, 3.05) is 38.7 Å². The number of nitrogens with zero attached hydrogens (tertiary/aromatic N) is 2. The van der Waals surface area contributed by atoms with Crippen LogP contribution in [-0.2, 0) is 11.3 Å². The van der Waals surface area contributed by atoms with Crippen LogP contribution in [-0.4, -0.2) is 61.8 Å². The first-order chi connectivity index (χ1) is 15.5. The van der Waals surface area contributed by atoms with Gasteiger partial charge in [0, 0.05) is 50.6 Å². The molecule has 9 heteroatoms. The first-order valence-electron chi connectivity index (χ1n) is 10.5. The molecule has 0 unspecified atom stereocenters. The standard InChI is InChI=1S/C23H28F3N3O3/c1-31-14-13-29(23(30)27-19-7-4-6-18(24)15-19)20-9-11-28(12-10-20)16-17-5-2-3-8-21(17)32-22(25)26/h2-8,15,20,22H,9-14,16H2,1H3,(H,27,30). The lowest BCUT2D eigenvalue weighted by Crippen LogP contribution is -2.49. The minimum absolute atomic E-state index is 0.0116. The Morgan fingerprint density at radius 1 is 1.19 bits per heavy atom. The average Bonchev–Trinajstić information content (AvgIpc) is 2.76. The van der Waals surface area contributed by atoms with E-state index < -0.39 is 12.4 Å². The summed E-state index contributed by atoms with van der Waals surface area (Å²) in [6.45, 7) is -0.187. The SMILES string of the molecule is COCCN(C(=O)Nc1cccc(F)c1)C1CCN(Cc2ccccc2OC(F)F)CC1. The maximum atomic E-state index is 13.5. The largest absolute Gasteiger partial charge is 0.434 e. The second-order valence-corrected chi connectivity index (χ2v) is 7.62. The number of carbonyl (C=O) groups excluding carboxylic acids is 1. The van der Waals surface area contributed by atoms with E-state index in [4.69, 9.17) is 4.74 Å². The van der Waals surface area contributed by atoms with Gasteiger partial charge >= 0.3 is 12.6 Å². The summed E-state index contributed by atoms with van der Waals surface area (Å²) in [6.07, 6.45) is 1.44. The average molecular weight is 451 g/mol. The highest BCUT2D eigenvalue weighted by atomic mass is 19.3. The van der Waals surface area contributed by atoms with E-state index in [1.54, 1.807) is 42.3 Å². The molecule has 1 saturated heterocycles. The molecule has 0 aliphatic carbocycles. The predicted molar refractivity (Wildman–Crippen MR) is 115 cm³/mol. The van der Waals surface area contributed by atoms with Crippen molar-refractivity contribution < 1.29 is 27.4 Å². The van der Waals surface area contributed by atoms with Crippen molar-refractivity contribution >= 4 is 11.7 Å². The number of para-hydroxylation sites is 1. The Bertz CT molecular complexity index is 876. The van der Waals surface area contributed by atoms with Crippen molar-refractivity contribution in [3.63, 3.8) is 0 Å². The van der Waals surface area contributed by atoms with Crippen molar-refractivity contribution in [2.24, 2.45) is 0 Å². The van der Waals surface area contributed by atoms with Gasteiger partial charge in [0.15, 0.2) is 0 Å². The lowest BCUT2D eigenvalue weighted by molar-refractivity contribution is -0.0508. The number of alkyl halides is 2. The van der Waals surface area contributed by atoms with Gasteiger partial charge in [0.05, 0.1) is 6.61 Å². The summed E-state index contributed by atoms with van der Waals surface area (Å²) in [6, 6.07) is 12.2. The topological polar surface area (TPSA) is 54.0 Å². The number of nitrogens with one attached hydrogen (secondary N) is 1. The zero-order chi connectivity index (χ0) is 22.9. The maximum Gasteiger partial charge on any atom is 0.387 e. The second-order valence-electron chi connectivity index (χ2n) is 7.62. The molecule has 0 radical (unpaired) electrons. The summed E-state index contributed by atoms with van der Waals surface area (Å²) in [5.74, 6) is -0.239. The number of ether oxygens (including phenoxy) is 2. The van der Waals surface area contributed by atoms with Crippen LogP contribution in [0, 0.1) is 5.82 Å². The normalized spacial score (nSPS) is 15.0. The Balaban J connectivity index is 1.60. The summed E-state index contributed by atoms with van der Waals surface area (Å²) in [5.41, 5.74) is 1.09. The predicted octanol–water partition coefficient (Wildman–Crippen LogP) is 4.57. The molecule has 32 heavy (non-hydrogen) atoms. The lowest BCUT2D eigenvalue weighted by Gasteiger charge is -2.38. The van der Waals surface area contributed by atoms with Crippen LogP contribution in [0.5, 0.6) is 5.75 Å². The van der Waals surface area contributed by atoms with Crippen LogP contribution < -0.4 is 10.1 Å². The van der Waals surface area contributed by atoms with E-state index in [-0.39, 0.29) is 17.8 Å². The molecule has 0 aromatic heterocycles. The number of amides is 2. The number of halogens is 3. The third-order valence-corrected chi connectivity index (χ3v) is 5.45. The van der Waals surface area contributed by atoms with E-state index in [0.29, 0.717) is 44.0 Å². The molecule has 6 nitrogen and oxygen atoms in total. The fourth-order valence-electron chi connectivity index (χ4n) is 3.88. The number of rotatable bonds is 9. The highest BCUT2D eigenvalue weighted by molar-refractivity contribution is 5.89. The fourth-order valence-corrected chi connectivity index (χ4v) is 3.88. The minimum Gasteiger partial charge on any atom is -0.434 e. The Labute approximate surface area is 185 Å². The van der Waals surface area contributed by atoms with Crippen LogP contribution in [0.1, 0.15) is 18.4 Å². The molecule has 2 amide bonds. The van der Waals surface area contributed by atoms with Gasteiger partial charge < -0.3 is 19.7 Å². The van der Waals surface area contributed by atoms with Crippen molar-refractivity contribution in [1.29, 1.82) is 0 Å². The van der Waals surface area contributed by atoms with Crippen LogP contribution in [0.2, 0.25) is 0 Å². The van der Waals surface area contributed by atoms with Crippen LogP contribution in [0.3, 0.4) is 0 Å². The van der Waals surface area contributed by atoms with Gasteiger partial charge in [-0.1, -0.05) is 24.3 Å². The van der Waals surface area contributed by atoms with Crippen LogP contribution >= 0.6 is 0 Å². The molecule has 1 aliphatic heterocycles. The number of urea groups is 1. The quantitative estimate of drug-likeness (QED) is 0.607. The smallest absolute Gasteiger partial charge is 0.387 e. The molecule has 1 fully saturated rings. The number of hydrogen-bond acceptors (Lipinski definition) is 4. The van der Waals surface area contributed by atoms with Gasteiger partial charge in [-0.2, -0.15) is 8.78 Å². The minimum atomic E-state index is -2.87. The Kier molecular flexibility index (Phi) is 8.75. The van der Waals surface area contributed by atoms with Gasteiger partial charge in [0.25, 0.3) is 0 Å². The summed E-state index contributed by atoms with van der Waals surface area (Å²) < 4.78 is 48.6. The van der Waals surface area contributed by atoms with Gasteiger partial charge in [0.2, 0.25) is 0 Å². The van der Waals surface area contributed by atoms with Crippen molar-refractivity contribution in [3.8, 4) is 5.75 Å². The van der Waals surface area contributed by atoms with Gasteiger partial charge in [-0.25, -0.2) is 9.18 Å². The lowest BCUT2D eigenvalue weighted by atomic mass is 10.0. The molecule has 1 N–H and O–H groups in total. The van der Waals surface area contributed by atoms with Crippen molar-refractivity contribution in [3.05, 3.63) is 59.9 Å². The van der Waals surface area contributed by atoms with E-state index in [1.165, 1.54) is 18.2 Å². The van der Waals surface area contributed by atoms with Gasteiger partial charge in [0.1, 0.15) is 11.6 Å². The summed E-state index contributed by atoms with van der Waals surface area (Å²) >= 11 is 0. The van der Waals surface area contributed by atoms with E-state index in [2.05, 4.69) is 15.0 Å². The fraction of sp³-hybridized carbons (Fsp3) is 0.435. The molecular formula is C23H28F3N3O3. The third-order valence-electron chi connectivity index (χ3n) is 5.45. The number of benzene rings is 2. The molecule has 0 bridgehead atoms. The number of carbonyl (C=O) groups is 1. The van der Waals surface area contributed by atoms with E-state index in [1.807, 2.05) is 0 Å². The molecule has 1 heterocycles. The van der Waals surface area contributed by atoms with E-state index in [9.17, 15) is 18.0 Å². The molecule has 3 rings (SSSR count). The Hall–Kier alpha value is -2.78. The first-order valence-corrected chi connectivity index (χ1v) is 10.5. The summed E-state index contributed by atoms with van der Waals surface area (Å²) in [7, 11) is 1.57. The highest BCUT2D eigenvalue weighted by Crippen LogP contribution is 2.25. The van der Waals surface area contributed by atoms with Crippen LogP contribution in [0.15, 0.2) is 48.5 Å². The summed E-state index contributed by atoms with van der Waals surface area (Å²) in [4.78, 5) is 16.8. The third kappa shape index (κ3) is 6.86. The first kappa shape index (κ1) is 23.9. The van der Waals surface area contributed by atoms with E-state index in [0.717, 1.165) is 12.8 Å². The molecule has 2 aromatic carbocycles. The molecule has 0 saturated carbocycles.